The van der Waals surface area contributed by atoms with Gasteiger partial charge in [0.1, 0.15) is 22.4 Å². The van der Waals surface area contributed by atoms with Gasteiger partial charge in [-0.05, 0) is 48.0 Å². The molecule has 1 aliphatic carbocycles. The lowest BCUT2D eigenvalue weighted by molar-refractivity contribution is 0.318. The molecule has 0 unspecified atom stereocenters. The summed E-state index contributed by atoms with van der Waals surface area (Å²) in [5, 5.41) is 3.34. The van der Waals surface area contributed by atoms with Crippen molar-refractivity contribution in [3.05, 3.63) is 10.8 Å². The summed E-state index contributed by atoms with van der Waals surface area (Å²) in [6.45, 7) is 7.37. The van der Waals surface area contributed by atoms with Gasteiger partial charge in [0.15, 0.2) is 0 Å². The minimum absolute atomic E-state index is 0.842. The Hall–Kier alpha value is -0.840. The van der Waals surface area contributed by atoms with Crippen LogP contribution in [0.1, 0.15) is 39.5 Å². The molecule has 19 heavy (non-hydrogen) atoms. The first kappa shape index (κ1) is 14.6. The molecule has 1 aliphatic rings. The molecule has 0 saturated heterocycles. The molecule has 0 bridgehead atoms. The molecule has 1 saturated carbocycles. The van der Waals surface area contributed by atoms with Gasteiger partial charge >= 0.3 is 0 Å². The lowest BCUT2D eigenvalue weighted by Crippen LogP contribution is -2.33. The van der Waals surface area contributed by atoms with Crippen LogP contribution in [-0.4, -0.2) is 29.6 Å². The molecule has 106 valence electrons. The van der Waals surface area contributed by atoms with E-state index in [4.69, 9.17) is 0 Å². The standard InChI is InChI=1S/C14H23BrN4/c1-3-8-16-13-12(15)14(18-10-17-13)19(4-2)9-11-6-5-7-11/h10-11H,3-9H2,1-2H3,(H,16,17,18). The van der Waals surface area contributed by atoms with E-state index >= 15 is 0 Å². The summed E-state index contributed by atoms with van der Waals surface area (Å²) in [7, 11) is 0. The molecule has 0 amide bonds. The second kappa shape index (κ2) is 7.08. The van der Waals surface area contributed by atoms with Crippen LogP contribution in [0, 0.1) is 5.92 Å². The SMILES string of the molecule is CCCNc1ncnc(N(CC)CC2CCC2)c1Br. The van der Waals surface area contributed by atoms with Crippen LogP contribution in [0.4, 0.5) is 11.6 Å². The molecular weight excluding hydrogens is 304 g/mol. The van der Waals surface area contributed by atoms with Gasteiger partial charge in [-0.3, -0.25) is 0 Å². The number of halogens is 1. The zero-order valence-corrected chi connectivity index (χ0v) is 13.4. The highest BCUT2D eigenvalue weighted by Gasteiger charge is 2.22. The predicted molar refractivity (Wildman–Crippen MR) is 83.7 cm³/mol. The van der Waals surface area contributed by atoms with Crippen LogP contribution in [0.15, 0.2) is 10.8 Å². The first-order chi connectivity index (χ1) is 9.26. The number of rotatable bonds is 7. The maximum Gasteiger partial charge on any atom is 0.148 e. The fourth-order valence-corrected chi connectivity index (χ4v) is 2.90. The van der Waals surface area contributed by atoms with E-state index in [9.17, 15) is 0 Å². The molecule has 1 N–H and O–H groups in total. The third-order valence-corrected chi connectivity index (χ3v) is 4.43. The fourth-order valence-electron chi connectivity index (χ4n) is 2.30. The summed E-state index contributed by atoms with van der Waals surface area (Å²) in [5.74, 6) is 2.76. The molecule has 2 rings (SSSR count). The molecule has 1 aromatic heterocycles. The van der Waals surface area contributed by atoms with E-state index in [0.29, 0.717) is 0 Å². The Morgan fingerprint density at radius 3 is 2.74 bits per heavy atom. The maximum atomic E-state index is 4.46. The van der Waals surface area contributed by atoms with Gasteiger partial charge < -0.3 is 10.2 Å². The second-order valence-electron chi connectivity index (χ2n) is 5.12. The Balaban J connectivity index is 2.11. The van der Waals surface area contributed by atoms with Crippen LogP contribution in [-0.2, 0) is 0 Å². The van der Waals surface area contributed by atoms with Crippen molar-refractivity contribution in [3.63, 3.8) is 0 Å². The van der Waals surface area contributed by atoms with E-state index in [1.54, 1.807) is 6.33 Å². The Morgan fingerprint density at radius 2 is 2.16 bits per heavy atom. The van der Waals surface area contributed by atoms with Crippen LogP contribution in [0.25, 0.3) is 0 Å². The maximum absolute atomic E-state index is 4.46. The summed E-state index contributed by atoms with van der Waals surface area (Å²) in [4.78, 5) is 11.1. The molecule has 5 heteroatoms. The lowest BCUT2D eigenvalue weighted by Gasteiger charge is -2.33. The molecule has 0 aliphatic heterocycles. The van der Waals surface area contributed by atoms with Gasteiger partial charge in [0.2, 0.25) is 0 Å². The lowest BCUT2D eigenvalue weighted by atomic mass is 9.85. The van der Waals surface area contributed by atoms with Gasteiger partial charge in [0.25, 0.3) is 0 Å². The molecule has 0 spiro atoms. The van der Waals surface area contributed by atoms with E-state index in [1.165, 1.54) is 19.3 Å². The summed E-state index contributed by atoms with van der Waals surface area (Å²) in [5.41, 5.74) is 0. The van der Waals surface area contributed by atoms with Gasteiger partial charge in [-0.2, -0.15) is 0 Å². The Kier molecular flexibility index (Phi) is 5.43. The van der Waals surface area contributed by atoms with Gasteiger partial charge in [0.05, 0.1) is 0 Å². The summed E-state index contributed by atoms with van der Waals surface area (Å²) in [6, 6.07) is 0. The topological polar surface area (TPSA) is 41.1 Å². The third kappa shape index (κ3) is 3.59. The predicted octanol–water partition coefficient (Wildman–Crippen LogP) is 3.69. The number of anilines is 2. The van der Waals surface area contributed by atoms with E-state index in [0.717, 1.165) is 48.1 Å². The average molecular weight is 327 g/mol. The second-order valence-corrected chi connectivity index (χ2v) is 5.92. The number of nitrogens with zero attached hydrogens (tertiary/aromatic N) is 3. The van der Waals surface area contributed by atoms with E-state index < -0.39 is 0 Å². The van der Waals surface area contributed by atoms with E-state index in [1.807, 2.05) is 0 Å². The van der Waals surface area contributed by atoms with Crippen molar-refractivity contribution >= 4 is 27.6 Å². The highest BCUT2D eigenvalue weighted by atomic mass is 79.9. The molecular formula is C14H23BrN4. The van der Waals surface area contributed by atoms with Gasteiger partial charge in [-0.1, -0.05) is 13.3 Å². The summed E-state index contributed by atoms with van der Waals surface area (Å²) >= 11 is 3.65. The number of nitrogens with one attached hydrogen (secondary N) is 1. The molecule has 1 heterocycles. The van der Waals surface area contributed by atoms with Crippen molar-refractivity contribution < 1.29 is 0 Å². The zero-order chi connectivity index (χ0) is 13.7. The van der Waals surface area contributed by atoms with Crippen molar-refractivity contribution in [2.75, 3.05) is 29.9 Å². The quantitative estimate of drug-likeness (QED) is 0.829. The van der Waals surface area contributed by atoms with Gasteiger partial charge in [-0.15, -0.1) is 0 Å². The fraction of sp³-hybridized carbons (Fsp3) is 0.714. The first-order valence-electron chi connectivity index (χ1n) is 7.25. The highest BCUT2D eigenvalue weighted by molar-refractivity contribution is 9.10. The smallest absolute Gasteiger partial charge is 0.148 e. The normalized spacial score (nSPS) is 15.1. The largest absolute Gasteiger partial charge is 0.369 e. The van der Waals surface area contributed by atoms with Crippen molar-refractivity contribution in [2.24, 2.45) is 5.92 Å². The Bertz CT molecular complexity index is 406. The molecule has 1 aromatic rings. The molecule has 0 radical (unpaired) electrons. The first-order valence-corrected chi connectivity index (χ1v) is 8.04. The molecule has 0 atom stereocenters. The van der Waals surface area contributed by atoms with Crippen LogP contribution >= 0.6 is 15.9 Å². The van der Waals surface area contributed by atoms with Gasteiger partial charge in [0, 0.05) is 19.6 Å². The van der Waals surface area contributed by atoms with Crippen molar-refractivity contribution in [1.29, 1.82) is 0 Å². The van der Waals surface area contributed by atoms with Gasteiger partial charge in [-0.25, -0.2) is 9.97 Å². The van der Waals surface area contributed by atoms with Crippen LogP contribution in [0.5, 0.6) is 0 Å². The monoisotopic (exact) mass is 326 g/mol. The van der Waals surface area contributed by atoms with Crippen molar-refractivity contribution in [2.45, 2.75) is 39.5 Å². The van der Waals surface area contributed by atoms with Crippen LogP contribution in [0.2, 0.25) is 0 Å². The van der Waals surface area contributed by atoms with Crippen LogP contribution < -0.4 is 10.2 Å². The summed E-state index contributed by atoms with van der Waals surface area (Å²) < 4.78 is 0.990. The zero-order valence-electron chi connectivity index (χ0n) is 11.8. The summed E-state index contributed by atoms with van der Waals surface area (Å²) in [6.07, 6.45) is 6.85. The number of hydrogen-bond acceptors (Lipinski definition) is 4. The van der Waals surface area contributed by atoms with E-state index in [-0.39, 0.29) is 0 Å². The van der Waals surface area contributed by atoms with Crippen molar-refractivity contribution in [3.8, 4) is 0 Å². The van der Waals surface area contributed by atoms with Crippen LogP contribution in [0.3, 0.4) is 0 Å². The third-order valence-electron chi connectivity index (χ3n) is 3.70. The number of aromatic nitrogens is 2. The minimum atomic E-state index is 0.842. The Morgan fingerprint density at radius 1 is 1.37 bits per heavy atom. The average Bonchev–Trinajstić information content (AvgIpc) is 2.37. The van der Waals surface area contributed by atoms with E-state index in [2.05, 4.69) is 50.0 Å². The number of hydrogen-bond donors (Lipinski definition) is 1. The molecule has 4 nitrogen and oxygen atoms in total. The molecule has 0 aromatic carbocycles. The highest BCUT2D eigenvalue weighted by Crippen LogP contribution is 2.33. The Labute approximate surface area is 124 Å². The molecule has 1 fully saturated rings. The van der Waals surface area contributed by atoms with Crippen molar-refractivity contribution in [1.82, 2.24) is 9.97 Å². The minimum Gasteiger partial charge on any atom is -0.369 e.